The Balaban J connectivity index is 2.35. The van der Waals surface area contributed by atoms with Crippen molar-refractivity contribution >= 4 is 0 Å². The lowest BCUT2D eigenvalue weighted by Crippen LogP contribution is -2.50. The Hall–Kier alpha value is -0.900. The Morgan fingerprint density at radius 3 is 2.52 bits per heavy atom. The molecule has 1 aliphatic carbocycles. The maximum absolute atomic E-state index is 6.27. The topological polar surface area (TPSA) is 47.3 Å². The van der Waals surface area contributed by atoms with Crippen LogP contribution >= 0.6 is 0 Å². The number of nitrogens with one attached hydrogen (secondary N) is 1. The first kappa shape index (κ1) is 16.5. The van der Waals surface area contributed by atoms with Gasteiger partial charge in [0.25, 0.3) is 0 Å². The molecule has 0 heterocycles. The second-order valence-electron chi connectivity index (χ2n) is 6.64. The van der Waals surface area contributed by atoms with Gasteiger partial charge < -0.3 is 4.74 Å². The van der Waals surface area contributed by atoms with Crippen LogP contribution in [0.1, 0.15) is 62.3 Å². The smallest absolute Gasteiger partial charge is 0.0889 e. The van der Waals surface area contributed by atoms with E-state index in [4.69, 9.17) is 10.6 Å². The van der Waals surface area contributed by atoms with Crippen LogP contribution in [-0.2, 0) is 4.74 Å². The average Bonchev–Trinajstić information content (AvgIpc) is 2.45. The molecule has 1 aliphatic rings. The van der Waals surface area contributed by atoms with Crippen LogP contribution in [0.2, 0.25) is 0 Å². The van der Waals surface area contributed by atoms with Crippen molar-refractivity contribution in [1.29, 1.82) is 0 Å². The van der Waals surface area contributed by atoms with Gasteiger partial charge in [0.2, 0.25) is 0 Å². The Labute approximate surface area is 129 Å². The number of rotatable bonds is 5. The third kappa shape index (κ3) is 3.47. The summed E-state index contributed by atoms with van der Waals surface area (Å²) < 4.78 is 6.27. The van der Waals surface area contributed by atoms with Crippen LogP contribution in [0.4, 0.5) is 0 Å². The average molecular weight is 290 g/mol. The Kier molecular flexibility index (Phi) is 5.42. The first-order chi connectivity index (χ1) is 10.0. The highest BCUT2D eigenvalue weighted by atomic mass is 16.5. The molecule has 0 saturated heterocycles. The summed E-state index contributed by atoms with van der Waals surface area (Å²) in [7, 11) is 0. The third-order valence-electron chi connectivity index (χ3n) is 4.98. The molecule has 2 rings (SSSR count). The van der Waals surface area contributed by atoms with Crippen molar-refractivity contribution < 1.29 is 4.74 Å². The van der Waals surface area contributed by atoms with Crippen molar-refractivity contribution in [3.05, 3.63) is 34.9 Å². The van der Waals surface area contributed by atoms with Crippen molar-refractivity contribution in [2.45, 2.75) is 65.0 Å². The summed E-state index contributed by atoms with van der Waals surface area (Å²) in [6.07, 6.45) is 4.57. The highest BCUT2D eigenvalue weighted by Crippen LogP contribution is 2.43. The van der Waals surface area contributed by atoms with Crippen LogP contribution in [0.15, 0.2) is 18.2 Å². The second-order valence-corrected chi connectivity index (χ2v) is 6.64. The summed E-state index contributed by atoms with van der Waals surface area (Å²) in [5.41, 5.74) is 6.74. The number of aryl methyl sites for hydroxylation is 2. The molecule has 1 aromatic carbocycles. The molecule has 0 amide bonds. The van der Waals surface area contributed by atoms with E-state index in [1.54, 1.807) is 0 Å². The van der Waals surface area contributed by atoms with Gasteiger partial charge in [0.1, 0.15) is 0 Å². The van der Waals surface area contributed by atoms with E-state index < -0.39 is 0 Å². The minimum absolute atomic E-state index is 0.0607. The highest BCUT2D eigenvalue weighted by molar-refractivity contribution is 5.34. The molecule has 118 valence electrons. The van der Waals surface area contributed by atoms with Crippen LogP contribution in [0.5, 0.6) is 0 Å². The van der Waals surface area contributed by atoms with Crippen LogP contribution < -0.4 is 11.3 Å². The minimum atomic E-state index is -0.171. The number of hydrogen-bond acceptors (Lipinski definition) is 3. The van der Waals surface area contributed by atoms with Crippen LogP contribution in [0, 0.1) is 19.8 Å². The van der Waals surface area contributed by atoms with Gasteiger partial charge in [0, 0.05) is 6.61 Å². The molecule has 21 heavy (non-hydrogen) atoms. The molecule has 1 saturated carbocycles. The van der Waals surface area contributed by atoms with Crippen LogP contribution in [0.25, 0.3) is 0 Å². The molecule has 0 radical (unpaired) electrons. The first-order valence-electron chi connectivity index (χ1n) is 8.19. The van der Waals surface area contributed by atoms with Gasteiger partial charge in [-0.3, -0.25) is 11.3 Å². The lowest BCUT2D eigenvalue weighted by molar-refractivity contribution is -0.0978. The normalized spacial score (nSPS) is 27.6. The lowest BCUT2D eigenvalue weighted by Gasteiger charge is -2.45. The van der Waals surface area contributed by atoms with Crippen molar-refractivity contribution in [3.63, 3.8) is 0 Å². The van der Waals surface area contributed by atoms with Crippen molar-refractivity contribution in [1.82, 2.24) is 5.43 Å². The molecule has 1 fully saturated rings. The molecular formula is C18H30N2O. The number of ether oxygens (including phenoxy) is 1. The molecule has 1 aromatic rings. The maximum atomic E-state index is 6.27. The predicted molar refractivity (Wildman–Crippen MR) is 88.0 cm³/mol. The Morgan fingerprint density at radius 1 is 1.33 bits per heavy atom. The molecule has 1 unspecified atom stereocenters. The number of nitrogens with two attached hydrogens (primary N) is 1. The van der Waals surface area contributed by atoms with Gasteiger partial charge in [0.05, 0.1) is 11.6 Å². The third-order valence-corrected chi connectivity index (χ3v) is 4.98. The Morgan fingerprint density at radius 2 is 2.00 bits per heavy atom. The molecule has 0 aromatic heterocycles. The molecule has 3 N–H and O–H groups in total. The van der Waals surface area contributed by atoms with E-state index in [9.17, 15) is 0 Å². The van der Waals surface area contributed by atoms with Gasteiger partial charge in [-0.15, -0.1) is 0 Å². The fourth-order valence-corrected chi connectivity index (χ4v) is 3.73. The van der Waals surface area contributed by atoms with Gasteiger partial charge in [-0.1, -0.05) is 30.7 Å². The molecule has 0 bridgehead atoms. The largest absolute Gasteiger partial charge is 0.373 e. The van der Waals surface area contributed by atoms with E-state index in [1.807, 2.05) is 0 Å². The predicted octanol–water partition coefficient (Wildman–Crippen LogP) is 3.79. The molecule has 0 aliphatic heterocycles. The van der Waals surface area contributed by atoms with Crippen molar-refractivity contribution in [2.24, 2.45) is 11.8 Å². The van der Waals surface area contributed by atoms with Gasteiger partial charge in [-0.25, -0.2) is 0 Å². The minimum Gasteiger partial charge on any atom is -0.373 e. The van der Waals surface area contributed by atoms with Gasteiger partial charge >= 0.3 is 0 Å². The van der Waals surface area contributed by atoms with E-state index in [0.717, 1.165) is 25.4 Å². The van der Waals surface area contributed by atoms with Gasteiger partial charge in [-0.2, -0.15) is 0 Å². The van der Waals surface area contributed by atoms with E-state index in [1.165, 1.54) is 29.5 Å². The lowest BCUT2D eigenvalue weighted by atomic mass is 9.73. The molecule has 3 heteroatoms. The summed E-state index contributed by atoms with van der Waals surface area (Å²) in [6.45, 7) is 9.44. The zero-order chi connectivity index (χ0) is 15.5. The van der Waals surface area contributed by atoms with Crippen LogP contribution in [0.3, 0.4) is 0 Å². The monoisotopic (exact) mass is 290 g/mol. The first-order valence-corrected chi connectivity index (χ1v) is 8.19. The summed E-state index contributed by atoms with van der Waals surface area (Å²) in [6, 6.07) is 6.65. The SMILES string of the molecule is CCOC1(C(NN)c2ccc(C)cc2C)CCC(C)CC1. The maximum Gasteiger partial charge on any atom is 0.0889 e. The van der Waals surface area contributed by atoms with Crippen molar-refractivity contribution in [3.8, 4) is 0 Å². The molecular weight excluding hydrogens is 260 g/mol. The summed E-state index contributed by atoms with van der Waals surface area (Å²) in [4.78, 5) is 0. The summed E-state index contributed by atoms with van der Waals surface area (Å²) in [5.74, 6) is 6.75. The van der Waals surface area contributed by atoms with Gasteiger partial charge in [0.15, 0.2) is 0 Å². The van der Waals surface area contributed by atoms with E-state index >= 15 is 0 Å². The fraction of sp³-hybridized carbons (Fsp3) is 0.667. The molecule has 0 spiro atoms. The van der Waals surface area contributed by atoms with E-state index in [2.05, 4.69) is 51.3 Å². The number of hydrazine groups is 1. The Bertz CT molecular complexity index is 464. The second kappa shape index (κ2) is 6.91. The van der Waals surface area contributed by atoms with E-state index in [0.29, 0.717) is 0 Å². The zero-order valence-corrected chi connectivity index (χ0v) is 13.9. The van der Waals surface area contributed by atoms with Gasteiger partial charge in [-0.05, 0) is 63.5 Å². The highest BCUT2D eigenvalue weighted by Gasteiger charge is 2.42. The standard InChI is InChI=1S/C18H30N2O/c1-5-21-18(10-8-13(2)9-11-18)17(20-19)16-7-6-14(3)12-15(16)4/h6-7,12-13,17,20H,5,8-11,19H2,1-4H3. The summed E-state index contributed by atoms with van der Waals surface area (Å²) >= 11 is 0. The summed E-state index contributed by atoms with van der Waals surface area (Å²) in [5, 5.41) is 0. The zero-order valence-electron chi connectivity index (χ0n) is 13.9. The number of benzene rings is 1. The number of hydrogen-bond donors (Lipinski definition) is 2. The quantitative estimate of drug-likeness (QED) is 0.640. The molecule has 1 atom stereocenters. The fourth-order valence-electron chi connectivity index (χ4n) is 3.73. The van der Waals surface area contributed by atoms with E-state index in [-0.39, 0.29) is 11.6 Å². The van der Waals surface area contributed by atoms with Crippen LogP contribution in [-0.4, -0.2) is 12.2 Å². The van der Waals surface area contributed by atoms with Crippen molar-refractivity contribution in [2.75, 3.05) is 6.61 Å². The molecule has 3 nitrogen and oxygen atoms in total.